The van der Waals surface area contributed by atoms with E-state index >= 15 is 0 Å². The van der Waals surface area contributed by atoms with Crippen molar-refractivity contribution in [1.82, 2.24) is 14.8 Å². The van der Waals surface area contributed by atoms with E-state index in [9.17, 15) is 10.1 Å². The van der Waals surface area contributed by atoms with Gasteiger partial charge in [-0.15, -0.1) is 0 Å². The summed E-state index contributed by atoms with van der Waals surface area (Å²) in [5.41, 5.74) is 1.45. The molecule has 0 fully saturated rings. The molecular weight excluding hydrogens is 352 g/mol. The van der Waals surface area contributed by atoms with Gasteiger partial charge in [-0.1, -0.05) is 12.1 Å². The van der Waals surface area contributed by atoms with Crippen LogP contribution in [-0.2, 0) is 6.54 Å². The lowest BCUT2D eigenvalue weighted by molar-refractivity contribution is -0.383. The predicted molar refractivity (Wildman–Crippen MR) is 84.0 cm³/mol. The second-order valence-corrected chi connectivity index (χ2v) is 5.30. The van der Waals surface area contributed by atoms with Gasteiger partial charge in [0, 0.05) is 12.1 Å². The van der Waals surface area contributed by atoms with Gasteiger partial charge in [0.05, 0.1) is 29.8 Å². The van der Waals surface area contributed by atoms with Crippen molar-refractivity contribution in [3.8, 4) is 5.88 Å². The number of ether oxygens (including phenoxy) is 1. The standard InChI is InChI=1S/C14H11BrN4O3/c1-22-12-7-2-4-9(16-12)8-18-10-5-3-6-11(19(20)21)13(10)14(15)17-18/h2-7H,8H2,1H3. The zero-order chi connectivity index (χ0) is 15.7. The summed E-state index contributed by atoms with van der Waals surface area (Å²) >= 11 is 3.30. The molecule has 8 heteroatoms. The van der Waals surface area contributed by atoms with E-state index < -0.39 is 4.92 Å². The Morgan fingerprint density at radius 3 is 2.82 bits per heavy atom. The maximum absolute atomic E-state index is 11.1. The number of hydrogen-bond acceptors (Lipinski definition) is 5. The summed E-state index contributed by atoms with van der Waals surface area (Å²) in [4.78, 5) is 15.1. The van der Waals surface area contributed by atoms with E-state index in [0.29, 0.717) is 27.9 Å². The number of methoxy groups -OCH3 is 1. The first kappa shape index (κ1) is 14.5. The number of pyridine rings is 1. The molecule has 3 aromatic rings. The van der Waals surface area contributed by atoms with Gasteiger partial charge in [0.1, 0.15) is 9.99 Å². The third-order valence-corrected chi connectivity index (χ3v) is 3.77. The van der Waals surface area contributed by atoms with Gasteiger partial charge < -0.3 is 4.74 Å². The Bertz CT molecular complexity index is 862. The SMILES string of the molecule is COc1cccc(Cn2nc(Br)c3c([N+](=O)[O-])cccc32)n1. The summed E-state index contributed by atoms with van der Waals surface area (Å²) < 4.78 is 7.21. The number of nitro groups is 1. The highest BCUT2D eigenvalue weighted by Crippen LogP contribution is 2.32. The number of hydrogen-bond donors (Lipinski definition) is 0. The van der Waals surface area contributed by atoms with E-state index in [1.165, 1.54) is 6.07 Å². The first-order chi connectivity index (χ1) is 10.6. The van der Waals surface area contributed by atoms with Crippen molar-refractivity contribution >= 4 is 32.5 Å². The normalized spacial score (nSPS) is 10.8. The van der Waals surface area contributed by atoms with Crippen LogP contribution in [0.2, 0.25) is 0 Å². The molecule has 0 bridgehead atoms. The number of benzene rings is 1. The minimum Gasteiger partial charge on any atom is -0.481 e. The van der Waals surface area contributed by atoms with Gasteiger partial charge in [0.15, 0.2) is 0 Å². The molecule has 0 saturated heterocycles. The van der Waals surface area contributed by atoms with Crippen molar-refractivity contribution in [2.24, 2.45) is 0 Å². The number of halogens is 1. The molecule has 0 saturated carbocycles. The molecule has 0 N–H and O–H groups in total. The summed E-state index contributed by atoms with van der Waals surface area (Å²) in [7, 11) is 1.55. The van der Waals surface area contributed by atoms with Crippen LogP contribution in [0.3, 0.4) is 0 Å². The van der Waals surface area contributed by atoms with E-state index in [0.717, 1.165) is 5.69 Å². The molecule has 0 radical (unpaired) electrons. The van der Waals surface area contributed by atoms with Crippen LogP contribution >= 0.6 is 15.9 Å². The van der Waals surface area contributed by atoms with Crippen molar-refractivity contribution in [3.63, 3.8) is 0 Å². The van der Waals surface area contributed by atoms with E-state index in [2.05, 4.69) is 26.0 Å². The first-order valence-electron chi connectivity index (χ1n) is 6.39. The van der Waals surface area contributed by atoms with Crippen LogP contribution in [0.4, 0.5) is 5.69 Å². The summed E-state index contributed by atoms with van der Waals surface area (Å²) in [5.74, 6) is 0.513. The predicted octanol–water partition coefficient (Wildman–Crippen LogP) is 3.16. The third-order valence-electron chi connectivity index (χ3n) is 3.21. The average Bonchev–Trinajstić information content (AvgIpc) is 2.84. The van der Waals surface area contributed by atoms with Gasteiger partial charge in [-0.05, 0) is 28.1 Å². The van der Waals surface area contributed by atoms with Gasteiger partial charge in [0.2, 0.25) is 5.88 Å². The fourth-order valence-electron chi connectivity index (χ4n) is 2.25. The highest BCUT2D eigenvalue weighted by atomic mass is 79.9. The Morgan fingerprint density at radius 1 is 1.32 bits per heavy atom. The fraction of sp³-hybridized carbons (Fsp3) is 0.143. The minimum absolute atomic E-state index is 0.0224. The average molecular weight is 363 g/mol. The smallest absolute Gasteiger partial charge is 0.281 e. The van der Waals surface area contributed by atoms with Crippen LogP contribution in [0, 0.1) is 10.1 Å². The quantitative estimate of drug-likeness (QED) is 0.525. The Balaban J connectivity index is 2.08. The number of rotatable bonds is 4. The summed E-state index contributed by atoms with van der Waals surface area (Å²) in [5, 5.41) is 16.0. The van der Waals surface area contributed by atoms with Crippen LogP contribution in [-0.4, -0.2) is 26.8 Å². The molecule has 0 unspecified atom stereocenters. The fourth-order valence-corrected chi connectivity index (χ4v) is 2.85. The summed E-state index contributed by atoms with van der Waals surface area (Å²) in [6.07, 6.45) is 0. The van der Waals surface area contributed by atoms with Crippen LogP contribution in [0.5, 0.6) is 5.88 Å². The summed E-state index contributed by atoms with van der Waals surface area (Å²) in [6, 6.07) is 10.3. The highest BCUT2D eigenvalue weighted by molar-refractivity contribution is 9.10. The van der Waals surface area contributed by atoms with E-state index in [1.807, 2.05) is 12.1 Å². The minimum atomic E-state index is -0.414. The summed E-state index contributed by atoms with van der Waals surface area (Å²) in [6.45, 7) is 0.389. The van der Waals surface area contributed by atoms with Gasteiger partial charge in [-0.3, -0.25) is 14.8 Å². The molecule has 7 nitrogen and oxygen atoms in total. The number of nitrogens with zero attached hydrogens (tertiary/aromatic N) is 4. The molecule has 1 aromatic carbocycles. The number of non-ortho nitro benzene ring substituents is 1. The second kappa shape index (κ2) is 5.72. The molecule has 2 heterocycles. The zero-order valence-electron chi connectivity index (χ0n) is 11.6. The van der Waals surface area contributed by atoms with Gasteiger partial charge in [0.25, 0.3) is 5.69 Å². The Morgan fingerprint density at radius 2 is 2.09 bits per heavy atom. The van der Waals surface area contributed by atoms with Crippen LogP contribution in [0.15, 0.2) is 41.0 Å². The molecule has 112 valence electrons. The van der Waals surface area contributed by atoms with Crippen molar-refractivity contribution in [2.75, 3.05) is 7.11 Å². The molecule has 0 aliphatic heterocycles. The largest absolute Gasteiger partial charge is 0.481 e. The van der Waals surface area contributed by atoms with Crippen molar-refractivity contribution in [1.29, 1.82) is 0 Å². The van der Waals surface area contributed by atoms with Gasteiger partial charge in [-0.25, -0.2) is 4.98 Å². The van der Waals surface area contributed by atoms with Crippen molar-refractivity contribution in [3.05, 3.63) is 56.8 Å². The third kappa shape index (κ3) is 2.52. The molecule has 0 aliphatic rings. The maximum Gasteiger partial charge on any atom is 0.281 e. The molecule has 3 rings (SSSR count). The monoisotopic (exact) mass is 362 g/mol. The Kier molecular flexibility index (Phi) is 3.76. The second-order valence-electron chi connectivity index (χ2n) is 4.55. The number of nitro benzene ring substituents is 1. The molecular formula is C14H11BrN4O3. The molecule has 0 amide bonds. The van der Waals surface area contributed by atoms with Crippen molar-refractivity contribution < 1.29 is 9.66 Å². The van der Waals surface area contributed by atoms with Gasteiger partial charge in [-0.2, -0.15) is 5.10 Å². The lowest BCUT2D eigenvalue weighted by atomic mass is 10.2. The van der Waals surface area contributed by atoms with Gasteiger partial charge >= 0.3 is 0 Å². The van der Waals surface area contributed by atoms with E-state index in [4.69, 9.17) is 4.74 Å². The lowest BCUT2D eigenvalue weighted by Crippen LogP contribution is -2.04. The van der Waals surface area contributed by atoms with Crippen LogP contribution in [0.25, 0.3) is 10.9 Å². The van der Waals surface area contributed by atoms with Crippen molar-refractivity contribution in [2.45, 2.75) is 6.54 Å². The zero-order valence-corrected chi connectivity index (χ0v) is 13.1. The lowest BCUT2D eigenvalue weighted by Gasteiger charge is -2.05. The first-order valence-corrected chi connectivity index (χ1v) is 7.19. The topological polar surface area (TPSA) is 83.1 Å². The Hall–Kier alpha value is -2.48. The van der Waals surface area contributed by atoms with Crippen LogP contribution in [0.1, 0.15) is 5.69 Å². The highest BCUT2D eigenvalue weighted by Gasteiger charge is 2.19. The van der Waals surface area contributed by atoms with Crippen LogP contribution < -0.4 is 4.74 Å². The maximum atomic E-state index is 11.1. The molecule has 0 spiro atoms. The number of fused-ring (bicyclic) bond motifs is 1. The molecule has 2 aromatic heterocycles. The molecule has 0 atom stereocenters. The van der Waals surface area contributed by atoms with E-state index in [1.54, 1.807) is 30.0 Å². The molecule has 0 aliphatic carbocycles. The Labute approximate surface area is 133 Å². The molecule has 22 heavy (non-hydrogen) atoms. The number of aromatic nitrogens is 3. The van der Waals surface area contributed by atoms with E-state index in [-0.39, 0.29) is 5.69 Å².